The summed E-state index contributed by atoms with van der Waals surface area (Å²) < 4.78 is 0.953. The van der Waals surface area contributed by atoms with E-state index >= 15 is 0 Å². The number of likely N-dealkylation sites (N-methyl/N-ethyl adjacent to an activating group) is 1. The number of aromatic nitrogens is 3. The zero-order chi connectivity index (χ0) is 19.0. The van der Waals surface area contributed by atoms with E-state index in [2.05, 4.69) is 32.2 Å². The maximum absolute atomic E-state index is 12.8. The van der Waals surface area contributed by atoms with E-state index in [4.69, 9.17) is 11.6 Å². The average Bonchev–Trinajstić information content (AvgIpc) is 3.02. The van der Waals surface area contributed by atoms with Crippen molar-refractivity contribution in [3.63, 3.8) is 0 Å². The smallest absolute Gasteiger partial charge is 0.253 e. The molecule has 0 aliphatic carbocycles. The number of rotatable bonds is 3. The van der Waals surface area contributed by atoms with E-state index < -0.39 is 0 Å². The van der Waals surface area contributed by atoms with Gasteiger partial charge in [-0.1, -0.05) is 11.3 Å². The Kier molecular flexibility index (Phi) is 4.94. The van der Waals surface area contributed by atoms with E-state index in [1.807, 2.05) is 30.0 Å². The second kappa shape index (κ2) is 7.38. The number of carbonyl (C=O) groups is 1. The van der Waals surface area contributed by atoms with Crippen LogP contribution in [0.2, 0.25) is 5.28 Å². The molecule has 0 atom stereocenters. The molecule has 3 heterocycles. The van der Waals surface area contributed by atoms with Gasteiger partial charge >= 0.3 is 0 Å². The third-order valence-corrected chi connectivity index (χ3v) is 5.59. The molecule has 1 aromatic carbocycles. The molecule has 1 aliphatic heterocycles. The van der Waals surface area contributed by atoms with Gasteiger partial charge in [-0.2, -0.15) is 0 Å². The summed E-state index contributed by atoms with van der Waals surface area (Å²) in [6, 6.07) is 7.45. The molecule has 3 aromatic rings. The first kappa shape index (κ1) is 18.1. The lowest BCUT2D eigenvalue weighted by Crippen LogP contribution is -2.47. The van der Waals surface area contributed by atoms with Crippen molar-refractivity contribution in [2.75, 3.05) is 38.5 Å². The molecule has 2 aromatic heterocycles. The summed E-state index contributed by atoms with van der Waals surface area (Å²) in [7, 11) is 2.08. The van der Waals surface area contributed by atoms with Crippen LogP contribution in [0.4, 0.5) is 10.9 Å². The van der Waals surface area contributed by atoms with Crippen molar-refractivity contribution in [3.8, 4) is 0 Å². The Morgan fingerprint density at radius 1 is 1.15 bits per heavy atom. The van der Waals surface area contributed by atoms with Crippen LogP contribution in [-0.2, 0) is 0 Å². The van der Waals surface area contributed by atoms with Crippen molar-refractivity contribution in [2.45, 2.75) is 6.92 Å². The molecule has 1 N–H and O–H groups in total. The molecule has 1 aliphatic rings. The van der Waals surface area contributed by atoms with E-state index in [1.54, 1.807) is 6.07 Å². The number of amides is 1. The SMILES string of the molecule is Cc1cc(Nc2nc3ccc(C(=O)N4CCN(C)CC4)cc3s2)nc(Cl)n1. The number of hydrogen-bond donors (Lipinski definition) is 1. The minimum absolute atomic E-state index is 0.0751. The van der Waals surface area contributed by atoms with Crippen LogP contribution in [0, 0.1) is 6.92 Å². The lowest BCUT2D eigenvalue weighted by atomic mass is 10.1. The molecular weight excluding hydrogens is 384 g/mol. The molecule has 140 valence electrons. The van der Waals surface area contributed by atoms with E-state index in [1.165, 1.54) is 11.3 Å². The highest BCUT2D eigenvalue weighted by Gasteiger charge is 2.21. The van der Waals surface area contributed by atoms with Crippen molar-refractivity contribution < 1.29 is 4.79 Å². The number of piperazine rings is 1. The summed E-state index contributed by atoms with van der Waals surface area (Å²) in [5, 5.41) is 4.05. The monoisotopic (exact) mass is 402 g/mol. The van der Waals surface area contributed by atoms with Crippen molar-refractivity contribution in [1.82, 2.24) is 24.8 Å². The highest BCUT2D eigenvalue weighted by atomic mass is 35.5. The Morgan fingerprint density at radius 3 is 2.67 bits per heavy atom. The quantitative estimate of drug-likeness (QED) is 0.678. The molecule has 0 bridgehead atoms. The molecular formula is C18H19ClN6OS. The molecule has 1 saturated heterocycles. The lowest BCUT2D eigenvalue weighted by Gasteiger charge is -2.32. The average molecular weight is 403 g/mol. The van der Waals surface area contributed by atoms with Crippen LogP contribution in [0.15, 0.2) is 24.3 Å². The number of hydrogen-bond acceptors (Lipinski definition) is 7. The fraction of sp³-hybridized carbons (Fsp3) is 0.333. The van der Waals surface area contributed by atoms with Crippen molar-refractivity contribution in [1.29, 1.82) is 0 Å². The third-order valence-electron chi connectivity index (χ3n) is 4.49. The standard InChI is InChI=1S/C18H19ClN6OS/c1-11-9-15(22-17(19)20-11)23-18-21-13-4-3-12(10-14(13)27-18)16(26)25-7-5-24(2)6-8-25/h3-4,9-10H,5-8H2,1-2H3,(H,20,21,22,23). The molecule has 0 unspecified atom stereocenters. The fourth-order valence-electron chi connectivity index (χ4n) is 3.01. The van der Waals surface area contributed by atoms with Crippen LogP contribution < -0.4 is 5.32 Å². The summed E-state index contributed by atoms with van der Waals surface area (Å²) in [6.07, 6.45) is 0. The van der Waals surface area contributed by atoms with E-state index in [9.17, 15) is 4.79 Å². The van der Waals surface area contributed by atoms with Gasteiger partial charge in [0.1, 0.15) is 5.82 Å². The Labute approximate surface area is 166 Å². The van der Waals surface area contributed by atoms with Gasteiger partial charge in [0.25, 0.3) is 5.91 Å². The number of anilines is 2. The molecule has 9 heteroatoms. The maximum atomic E-state index is 12.8. The minimum Gasteiger partial charge on any atom is -0.336 e. The molecule has 4 rings (SSSR count). The summed E-state index contributed by atoms with van der Waals surface area (Å²) in [4.78, 5) is 29.7. The maximum Gasteiger partial charge on any atom is 0.253 e. The van der Waals surface area contributed by atoms with Gasteiger partial charge in [-0.05, 0) is 43.8 Å². The number of thiazole rings is 1. The van der Waals surface area contributed by atoms with Gasteiger partial charge in [-0.25, -0.2) is 15.0 Å². The summed E-state index contributed by atoms with van der Waals surface area (Å²) in [5.41, 5.74) is 2.32. The zero-order valence-corrected chi connectivity index (χ0v) is 16.6. The predicted octanol–water partition coefficient (Wildman–Crippen LogP) is 3.18. The highest BCUT2D eigenvalue weighted by molar-refractivity contribution is 7.22. The van der Waals surface area contributed by atoms with Gasteiger partial charge < -0.3 is 15.1 Å². The number of benzene rings is 1. The molecule has 27 heavy (non-hydrogen) atoms. The van der Waals surface area contributed by atoms with Crippen LogP contribution in [0.5, 0.6) is 0 Å². The number of nitrogens with zero attached hydrogens (tertiary/aromatic N) is 5. The molecule has 0 radical (unpaired) electrons. The second-order valence-corrected chi connectivity index (χ2v) is 7.95. The number of fused-ring (bicyclic) bond motifs is 1. The predicted molar refractivity (Wildman–Crippen MR) is 108 cm³/mol. The molecule has 7 nitrogen and oxygen atoms in total. The summed E-state index contributed by atoms with van der Waals surface area (Å²) in [5.74, 6) is 0.673. The first-order chi connectivity index (χ1) is 13.0. The van der Waals surface area contributed by atoms with Crippen molar-refractivity contribution in [2.24, 2.45) is 0 Å². The van der Waals surface area contributed by atoms with Crippen LogP contribution in [0.3, 0.4) is 0 Å². The van der Waals surface area contributed by atoms with Crippen LogP contribution in [0.1, 0.15) is 16.1 Å². The first-order valence-electron chi connectivity index (χ1n) is 8.64. The Morgan fingerprint density at radius 2 is 1.93 bits per heavy atom. The normalized spacial score (nSPS) is 15.3. The summed E-state index contributed by atoms with van der Waals surface area (Å²) >= 11 is 7.39. The van der Waals surface area contributed by atoms with Crippen LogP contribution in [0.25, 0.3) is 10.2 Å². The summed E-state index contributed by atoms with van der Waals surface area (Å²) in [6.45, 7) is 5.19. The third kappa shape index (κ3) is 4.02. The van der Waals surface area contributed by atoms with E-state index in [-0.39, 0.29) is 11.2 Å². The molecule has 1 fully saturated rings. The molecule has 1 amide bonds. The van der Waals surface area contributed by atoms with Crippen molar-refractivity contribution >= 4 is 50.0 Å². The second-order valence-electron chi connectivity index (χ2n) is 6.59. The first-order valence-corrected chi connectivity index (χ1v) is 9.84. The van der Waals surface area contributed by atoms with Crippen molar-refractivity contribution in [3.05, 3.63) is 40.8 Å². The fourth-order valence-corrected chi connectivity index (χ4v) is 4.15. The number of halogens is 1. The lowest BCUT2D eigenvalue weighted by molar-refractivity contribution is 0.0664. The number of carbonyl (C=O) groups excluding carboxylic acids is 1. The van der Waals surface area contributed by atoms with Gasteiger partial charge in [-0.15, -0.1) is 0 Å². The molecule has 0 saturated carbocycles. The number of nitrogens with one attached hydrogen (secondary N) is 1. The van der Waals surface area contributed by atoms with Gasteiger partial charge in [-0.3, -0.25) is 4.79 Å². The van der Waals surface area contributed by atoms with Gasteiger partial charge in [0.15, 0.2) is 5.13 Å². The highest BCUT2D eigenvalue weighted by Crippen LogP contribution is 2.29. The van der Waals surface area contributed by atoms with E-state index in [0.29, 0.717) is 16.5 Å². The van der Waals surface area contributed by atoms with Crippen LogP contribution in [-0.4, -0.2) is 63.9 Å². The topological polar surface area (TPSA) is 74.2 Å². The largest absolute Gasteiger partial charge is 0.336 e. The van der Waals surface area contributed by atoms with Gasteiger partial charge in [0.05, 0.1) is 10.2 Å². The minimum atomic E-state index is 0.0751. The molecule has 0 spiro atoms. The van der Waals surface area contributed by atoms with Gasteiger partial charge in [0, 0.05) is 43.5 Å². The Balaban J connectivity index is 1.55. The zero-order valence-electron chi connectivity index (χ0n) is 15.1. The Hall–Kier alpha value is -2.29. The van der Waals surface area contributed by atoms with Gasteiger partial charge in [0.2, 0.25) is 5.28 Å². The van der Waals surface area contributed by atoms with Crippen LogP contribution >= 0.6 is 22.9 Å². The van der Waals surface area contributed by atoms with E-state index in [0.717, 1.165) is 42.1 Å². The Bertz CT molecular complexity index is 978. The number of aryl methyl sites for hydroxylation is 1.